The minimum absolute atomic E-state index is 0.126. The zero-order chi connectivity index (χ0) is 17.3. The van der Waals surface area contributed by atoms with Gasteiger partial charge < -0.3 is 10.4 Å². The second kappa shape index (κ2) is 7.07. The Balaban J connectivity index is 1.67. The van der Waals surface area contributed by atoms with Crippen LogP contribution in [0, 0.1) is 6.92 Å². The summed E-state index contributed by atoms with van der Waals surface area (Å²) in [5.74, 6) is -0.754. The maximum atomic E-state index is 10.9. The average molecular weight is 392 g/mol. The number of fused-ring (bicyclic) bond motifs is 1. The number of halogens is 1. The second-order valence-corrected chi connectivity index (χ2v) is 7.25. The Morgan fingerprint density at radius 1 is 1.46 bits per heavy atom. The lowest BCUT2D eigenvalue weighted by Gasteiger charge is -2.42. The van der Waals surface area contributed by atoms with Crippen LogP contribution in [-0.2, 0) is 4.79 Å². The maximum Gasteiger partial charge on any atom is 0.317 e. The van der Waals surface area contributed by atoms with Gasteiger partial charge >= 0.3 is 5.97 Å². The van der Waals surface area contributed by atoms with Gasteiger partial charge in [0, 0.05) is 33.8 Å². The average Bonchev–Trinajstić information content (AvgIpc) is 2.49. The highest BCUT2D eigenvalue weighted by atomic mass is 79.9. The van der Waals surface area contributed by atoms with Crippen LogP contribution in [0.1, 0.15) is 25.3 Å². The van der Waals surface area contributed by atoms with Crippen LogP contribution in [0.5, 0.6) is 0 Å². The first-order valence-corrected chi connectivity index (χ1v) is 9.04. The molecule has 1 aromatic heterocycles. The van der Waals surface area contributed by atoms with Crippen molar-refractivity contribution in [3.8, 4) is 0 Å². The van der Waals surface area contributed by atoms with E-state index in [2.05, 4.69) is 45.3 Å². The number of hydrogen-bond acceptors (Lipinski definition) is 4. The molecule has 0 spiro atoms. The molecule has 0 atom stereocenters. The number of hydrogen-bond donors (Lipinski definition) is 2. The number of aromatic nitrogens is 1. The highest BCUT2D eigenvalue weighted by Crippen LogP contribution is 2.32. The van der Waals surface area contributed by atoms with Gasteiger partial charge in [-0.2, -0.15) is 0 Å². The zero-order valence-corrected chi connectivity index (χ0v) is 15.5. The van der Waals surface area contributed by atoms with E-state index in [0.717, 1.165) is 40.4 Å². The summed E-state index contributed by atoms with van der Waals surface area (Å²) < 4.78 is 1.05. The third kappa shape index (κ3) is 3.54. The molecule has 3 rings (SSSR count). The molecular weight excluding hydrogens is 370 g/mol. The third-order valence-corrected chi connectivity index (χ3v) is 5.46. The molecule has 0 unspecified atom stereocenters. The molecule has 1 aromatic carbocycles. The monoisotopic (exact) mass is 391 g/mol. The van der Waals surface area contributed by atoms with Crippen molar-refractivity contribution >= 4 is 38.5 Å². The standard InChI is InChI=1S/C18H22BrN3O2/c1-3-22(10-18(23)24)13-7-12(8-13)21-16-9-17-14(6-11(16)2)15(19)4-5-20-17/h4-6,9,12-13,21H,3,7-8,10H2,1-2H3,(H,23,24). The lowest BCUT2D eigenvalue weighted by molar-refractivity contribution is -0.139. The molecule has 2 N–H and O–H groups in total. The van der Waals surface area contributed by atoms with Gasteiger partial charge in [0.1, 0.15) is 0 Å². The Labute approximate surface area is 150 Å². The molecule has 0 aliphatic heterocycles. The molecule has 6 heteroatoms. The number of aliphatic carboxylic acids is 1. The lowest BCUT2D eigenvalue weighted by Crippen LogP contribution is -2.51. The molecule has 0 bridgehead atoms. The van der Waals surface area contributed by atoms with Gasteiger partial charge in [0.15, 0.2) is 0 Å². The number of nitrogens with one attached hydrogen (secondary N) is 1. The summed E-state index contributed by atoms with van der Waals surface area (Å²) in [5.41, 5.74) is 3.27. The van der Waals surface area contributed by atoms with Crippen molar-refractivity contribution < 1.29 is 9.90 Å². The summed E-state index contributed by atoms with van der Waals surface area (Å²) in [6.07, 6.45) is 3.75. The minimum Gasteiger partial charge on any atom is -0.480 e. The van der Waals surface area contributed by atoms with Crippen molar-refractivity contribution in [3.63, 3.8) is 0 Å². The van der Waals surface area contributed by atoms with Crippen LogP contribution in [0.25, 0.3) is 10.9 Å². The Morgan fingerprint density at radius 3 is 2.88 bits per heavy atom. The number of aryl methyl sites for hydroxylation is 1. The van der Waals surface area contributed by atoms with E-state index in [-0.39, 0.29) is 6.54 Å². The summed E-state index contributed by atoms with van der Waals surface area (Å²) in [6, 6.07) is 6.94. The number of nitrogens with zero attached hydrogens (tertiary/aromatic N) is 2. The van der Waals surface area contributed by atoms with Crippen molar-refractivity contribution in [1.29, 1.82) is 0 Å². The molecule has 1 heterocycles. The van der Waals surface area contributed by atoms with Crippen molar-refractivity contribution in [1.82, 2.24) is 9.88 Å². The summed E-state index contributed by atoms with van der Waals surface area (Å²) in [6.45, 7) is 5.01. The van der Waals surface area contributed by atoms with Crippen LogP contribution < -0.4 is 5.32 Å². The number of carboxylic acids is 1. The van der Waals surface area contributed by atoms with Crippen molar-refractivity contribution in [3.05, 3.63) is 34.4 Å². The van der Waals surface area contributed by atoms with Gasteiger partial charge in [0.25, 0.3) is 0 Å². The molecule has 0 amide bonds. The van der Waals surface area contributed by atoms with Crippen LogP contribution in [0.3, 0.4) is 0 Å². The van der Waals surface area contributed by atoms with Gasteiger partial charge in [-0.3, -0.25) is 14.7 Å². The van der Waals surface area contributed by atoms with Gasteiger partial charge in [-0.15, -0.1) is 0 Å². The molecule has 0 saturated heterocycles. The quantitative estimate of drug-likeness (QED) is 0.786. The van der Waals surface area contributed by atoms with Crippen molar-refractivity contribution in [2.45, 2.75) is 38.8 Å². The van der Waals surface area contributed by atoms with E-state index in [4.69, 9.17) is 5.11 Å². The number of pyridine rings is 1. The summed E-state index contributed by atoms with van der Waals surface area (Å²) >= 11 is 3.57. The molecule has 1 fully saturated rings. The van der Waals surface area contributed by atoms with Gasteiger partial charge in [0.2, 0.25) is 0 Å². The number of benzene rings is 1. The first-order chi connectivity index (χ1) is 11.5. The zero-order valence-electron chi connectivity index (χ0n) is 13.9. The fourth-order valence-electron chi connectivity index (χ4n) is 3.32. The maximum absolute atomic E-state index is 10.9. The van der Waals surface area contributed by atoms with Crippen LogP contribution in [0.4, 0.5) is 5.69 Å². The van der Waals surface area contributed by atoms with Crippen LogP contribution in [0.2, 0.25) is 0 Å². The largest absolute Gasteiger partial charge is 0.480 e. The van der Waals surface area contributed by atoms with Crippen LogP contribution >= 0.6 is 15.9 Å². The molecular formula is C18H22BrN3O2. The first kappa shape index (κ1) is 17.2. The van der Waals surface area contributed by atoms with E-state index in [0.29, 0.717) is 12.1 Å². The molecule has 5 nitrogen and oxygen atoms in total. The van der Waals surface area contributed by atoms with Crippen molar-refractivity contribution in [2.75, 3.05) is 18.4 Å². The number of carboxylic acid groups (broad SMARTS) is 1. The van der Waals surface area contributed by atoms with E-state index in [1.54, 1.807) is 6.20 Å². The fraction of sp³-hybridized carbons (Fsp3) is 0.444. The third-order valence-electron chi connectivity index (χ3n) is 4.77. The molecule has 128 valence electrons. The molecule has 0 radical (unpaired) electrons. The normalized spacial score (nSPS) is 20.2. The van der Waals surface area contributed by atoms with Gasteiger partial charge in [-0.05, 0) is 50.1 Å². The predicted octanol–water partition coefficient (Wildman–Crippen LogP) is 3.66. The highest BCUT2D eigenvalue weighted by molar-refractivity contribution is 9.10. The first-order valence-electron chi connectivity index (χ1n) is 8.25. The van der Waals surface area contributed by atoms with Gasteiger partial charge in [-0.1, -0.05) is 22.9 Å². The molecule has 24 heavy (non-hydrogen) atoms. The minimum atomic E-state index is -0.754. The van der Waals surface area contributed by atoms with E-state index in [1.807, 2.05) is 17.9 Å². The topological polar surface area (TPSA) is 65.5 Å². The number of anilines is 1. The summed E-state index contributed by atoms with van der Waals surface area (Å²) in [5, 5.41) is 13.7. The fourth-order valence-corrected chi connectivity index (χ4v) is 3.76. The van der Waals surface area contributed by atoms with E-state index in [1.165, 1.54) is 5.56 Å². The summed E-state index contributed by atoms with van der Waals surface area (Å²) in [4.78, 5) is 17.4. The van der Waals surface area contributed by atoms with E-state index in [9.17, 15) is 4.79 Å². The lowest BCUT2D eigenvalue weighted by atomic mass is 9.85. The predicted molar refractivity (Wildman–Crippen MR) is 99.5 cm³/mol. The van der Waals surface area contributed by atoms with Crippen LogP contribution in [-0.4, -0.2) is 46.1 Å². The molecule has 2 aromatic rings. The molecule has 1 aliphatic carbocycles. The molecule has 1 saturated carbocycles. The van der Waals surface area contributed by atoms with E-state index < -0.39 is 5.97 Å². The van der Waals surface area contributed by atoms with Gasteiger partial charge in [0.05, 0.1) is 12.1 Å². The Bertz CT molecular complexity index is 759. The smallest absolute Gasteiger partial charge is 0.317 e. The highest BCUT2D eigenvalue weighted by Gasteiger charge is 2.33. The van der Waals surface area contributed by atoms with Crippen LogP contribution in [0.15, 0.2) is 28.9 Å². The SMILES string of the molecule is CCN(CC(=O)O)C1CC(Nc2cc3nccc(Br)c3cc2C)C1. The number of likely N-dealkylation sites (N-methyl/N-ethyl adjacent to an activating group) is 1. The second-order valence-electron chi connectivity index (χ2n) is 6.40. The summed E-state index contributed by atoms with van der Waals surface area (Å²) in [7, 11) is 0. The number of carbonyl (C=O) groups is 1. The Morgan fingerprint density at radius 2 is 2.21 bits per heavy atom. The Hall–Kier alpha value is -1.66. The number of rotatable bonds is 6. The molecule has 1 aliphatic rings. The van der Waals surface area contributed by atoms with Gasteiger partial charge in [-0.25, -0.2) is 0 Å². The van der Waals surface area contributed by atoms with Crippen molar-refractivity contribution in [2.24, 2.45) is 0 Å². The van der Waals surface area contributed by atoms with E-state index >= 15 is 0 Å². The Kier molecular flexibility index (Phi) is 5.06.